The van der Waals surface area contributed by atoms with Crippen LogP contribution in [0.15, 0.2) is 18.2 Å². The molecule has 110 valence electrons. The van der Waals surface area contributed by atoms with E-state index >= 15 is 0 Å². The van der Waals surface area contributed by atoms with Crippen molar-refractivity contribution in [1.82, 2.24) is 10.2 Å². The third-order valence-corrected chi connectivity index (χ3v) is 3.73. The third-order valence-electron chi connectivity index (χ3n) is 3.73. The molecule has 20 heavy (non-hydrogen) atoms. The van der Waals surface area contributed by atoms with Crippen molar-refractivity contribution in [3.05, 3.63) is 29.6 Å². The Balaban J connectivity index is 1.94. The summed E-state index contributed by atoms with van der Waals surface area (Å²) in [5.41, 5.74) is 0.846. The first-order valence-electron chi connectivity index (χ1n) is 6.88. The zero-order valence-electron chi connectivity index (χ0n) is 12.1. The predicted octanol–water partition coefficient (Wildman–Crippen LogP) is 2.11. The number of benzene rings is 1. The SMILES string of the molecule is CNC(C)c1ccc(OCC(=O)N(C)C2CC2)c(F)c1. The van der Waals surface area contributed by atoms with E-state index in [0.717, 1.165) is 18.4 Å². The molecule has 0 aromatic heterocycles. The normalized spacial score (nSPS) is 15.8. The predicted molar refractivity (Wildman–Crippen MR) is 75.2 cm³/mol. The second-order valence-corrected chi connectivity index (χ2v) is 5.22. The van der Waals surface area contributed by atoms with Crippen LogP contribution in [0.2, 0.25) is 0 Å². The summed E-state index contributed by atoms with van der Waals surface area (Å²) in [6, 6.07) is 5.22. The highest BCUT2D eigenvalue weighted by Gasteiger charge is 2.29. The molecular weight excluding hydrogens is 259 g/mol. The van der Waals surface area contributed by atoms with Gasteiger partial charge in [0.05, 0.1) is 0 Å². The fraction of sp³-hybridized carbons (Fsp3) is 0.533. The molecule has 1 aromatic rings. The zero-order chi connectivity index (χ0) is 14.7. The second-order valence-electron chi connectivity index (χ2n) is 5.22. The Hall–Kier alpha value is -1.62. The number of nitrogens with one attached hydrogen (secondary N) is 1. The van der Waals surface area contributed by atoms with Gasteiger partial charge in [-0.15, -0.1) is 0 Å². The average Bonchev–Trinajstić information content (AvgIpc) is 3.28. The zero-order valence-corrected chi connectivity index (χ0v) is 12.1. The number of halogens is 1. The molecule has 0 bridgehead atoms. The minimum Gasteiger partial charge on any atom is -0.481 e. The number of likely N-dealkylation sites (N-methyl/N-ethyl adjacent to an activating group) is 1. The van der Waals surface area contributed by atoms with Crippen LogP contribution in [0, 0.1) is 5.82 Å². The van der Waals surface area contributed by atoms with E-state index in [9.17, 15) is 9.18 Å². The molecule has 1 unspecified atom stereocenters. The molecule has 0 saturated heterocycles. The Bertz CT molecular complexity index is 489. The lowest BCUT2D eigenvalue weighted by molar-refractivity contribution is -0.132. The molecule has 2 rings (SSSR count). The van der Waals surface area contributed by atoms with Crippen LogP contribution in [0.4, 0.5) is 4.39 Å². The number of carbonyl (C=O) groups excluding carboxylic acids is 1. The Kier molecular flexibility index (Phi) is 4.60. The van der Waals surface area contributed by atoms with E-state index in [-0.39, 0.29) is 24.3 Å². The van der Waals surface area contributed by atoms with Crippen LogP contribution in [0.1, 0.15) is 31.4 Å². The van der Waals surface area contributed by atoms with E-state index in [2.05, 4.69) is 5.32 Å². The van der Waals surface area contributed by atoms with Crippen LogP contribution in [0.3, 0.4) is 0 Å². The van der Waals surface area contributed by atoms with Crippen molar-refractivity contribution in [2.24, 2.45) is 0 Å². The van der Waals surface area contributed by atoms with Gasteiger partial charge in [0.1, 0.15) is 0 Å². The fourth-order valence-corrected chi connectivity index (χ4v) is 1.98. The van der Waals surface area contributed by atoms with E-state index in [1.807, 2.05) is 14.0 Å². The maximum Gasteiger partial charge on any atom is 0.260 e. The van der Waals surface area contributed by atoms with Gasteiger partial charge >= 0.3 is 0 Å². The van der Waals surface area contributed by atoms with Crippen molar-refractivity contribution in [2.75, 3.05) is 20.7 Å². The summed E-state index contributed by atoms with van der Waals surface area (Å²) in [5.74, 6) is -0.430. The molecule has 0 radical (unpaired) electrons. The molecule has 1 aliphatic rings. The van der Waals surface area contributed by atoms with Crippen LogP contribution in [0.25, 0.3) is 0 Å². The molecule has 0 aliphatic heterocycles. The Labute approximate surface area is 118 Å². The third kappa shape index (κ3) is 3.48. The molecule has 4 nitrogen and oxygen atoms in total. The second kappa shape index (κ2) is 6.22. The summed E-state index contributed by atoms with van der Waals surface area (Å²) in [7, 11) is 3.58. The maximum atomic E-state index is 13.9. The van der Waals surface area contributed by atoms with Gasteiger partial charge in [0.15, 0.2) is 18.2 Å². The lowest BCUT2D eigenvalue weighted by Gasteiger charge is -2.17. The summed E-state index contributed by atoms with van der Waals surface area (Å²) in [6.45, 7) is 1.83. The van der Waals surface area contributed by atoms with Gasteiger partial charge < -0.3 is 15.0 Å². The Morgan fingerprint density at radius 1 is 1.55 bits per heavy atom. The fourth-order valence-electron chi connectivity index (χ4n) is 1.98. The van der Waals surface area contributed by atoms with E-state index < -0.39 is 5.82 Å². The van der Waals surface area contributed by atoms with Gasteiger partial charge in [0, 0.05) is 19.1 Å². The van der Waals surface area contributed by atoms with Gasteiger partial charge in [0.25, 0.3) is 5.91 Å². The molecular formula is C15H21FN2O2. The number of nitrogens with zero attached hydrogens (tertiary/aromatic N) is 1. The highest BCUT2D eigenvalue weighted by Crippen LogP contribution is 2.26. The molecule has 0 spiro atoms. The highest BCUT2D eigenvalue weighted by molar-refractivity contribution is 5.78. The van der Waals surface area contributed by atoms with Crippen LogP contribution in [0.5, 0.6) is 5.75 Å². The molecule has 5 heteroatoms. The first-order valence-corrected chi connectivity index (χ1v) is 6.88. The molecule has 1 amide bonds. The van der Waals surface area contributed by atoms with Crippen molar-refractivity contribution >= 4 is 5.91 Å². The number of rotatable bonds is 6. The van der Waals surface area contributed by atoms with Gasteiger partial charge in [-0.2, -0.15) is 0 Å². The summed E-state index contributed by atoms with van der Waals surface area (Å²) in [6.07, 6.45) is 2.10. The van der Waals surface area contributed by atoms with Gasteiger partial charge in [-0.25, -0.2) is 4.39 Å². The maximum absolute atomic E-state index is 13.9. The van der Waals surface area contributed by atoms with E-state index in [4.69, 9.17) is 4.74 Å². The lowest BCUT2D eigenvalue weighted by atomic mass is 10.1. The van der Waals surface area contributed by atoms with Gasteiger partial charge in [-0.1, -0.05) is 6.07 Å². The van der Waals surface area contributed by atoms with E-state index in [0.29, 0.717) is 6.04 Å². The molecule has 0 heterocycles. The van der Waals surface area contributed by atoms with Crippen molar-refractivity contribution in [3.63, 3.8) is 0 Å². The van der Waals surface area contributed by atoms with Crippen molar-refractivity contribution in [2.45, 2.75) is 31.8 Å². The standard InChI is InChI=1S/C15H21FN2O2/c1-10(17-2)11-4-7-14(13(16)8-11)20-9-15(19)18(3)12-5-6-12/h4,7-8,10,12,17H,5-6,9H2,1-3H3. The number of amides is 1. The van der Waals surface area contributed by atoms with E-state index in [1.54, 1.807) is 24.1 Å². The Morgan fingerprint density at radius 2 is 2.25 bits per heavy atom. The molecule has 1 atom stereocenters. The minimum absolute atomic E-state index is 0.0705. The monoisotopic (exact) mass is 280 g/mol. The summed E-state index contributed by atoms with van der Waals surface area (Å²) >= 11 is 0. The average molecular weight is 280 g/mol. The summed E-state index contributed by atoms with van der Waals surface area (Å²) < 4.78 is 19.2. The van der Waals surface area contributed by atoms with Crippen molar-refractivity contribution in [3.8, 4) is 5.75 Å². The van der Waals surface area contributed by atoms with Crippen LogP contribution in [-0.4, -0.2) is 37.6 Å². The molecule has 1 aromatic carbocycles. The molecule has 1 saturated carbocycles. The highest BCUT2D eigenvalue weighted by atomic mass is 19.1. The van der Waals surface area contributed by atoms with E-state index in [1.165, 1.54) is 6.07 Å². The quantitative estimate of drug-likeness (QED) is 0.867. The number of ether oxygens (including phenoxy) is 1. The topological polar surface area (TPSA) is 41.6 Å². The van der Waals surface area contributed by atoms with Gasteiger partial charge in [0.2, 0.25) is 0 Å². The lowest BCUT2D eigenvalue weighted by Crippen LogP contribution is -2.33. The number of carbonyl (C=O) groups is 1. The van der Waals surface area contributed by atoms with Crippen molar-refractivity contribution in [1.29, 1.82) is 0 Å². The van der Waals surface area contributed by atoms with Crippen molar-refractivity contribution < 1.29 is 13.9 Å². The van der Waals surface area contributed by atoms with Gasteiger partial charge in [-0.05, 0) is 44.5 Å². The first-order chi connectivity index (χ1) is 9.52. The van der Waals surface area contributed by atoms with Crippen LogP contribution >= 0.6 is 0 Å². The first kappa shape index (κ1) is 14.8. The molecule has 1 N–H and O–H groups in total. The Morgan fingerprint density at radius 3 is 2.80 bits per heavy atom. The van der Waals surface area contributed by atoms with Crippen LogP contribution < -0.4 is 10.1 Å². The van der Waals surface area contributed by atoms with Gasteiger partial charge in [-0.3, -0.25) is 4.79 Å². The largest absolute Gasteiger partial charge is 0.481 e. The number of hydrogen-bond donors (Lipinski definition) is 1. The smallest absolute Gasteiger partial charge is 0.260 e. The summed E-state index contributed by atoms with van der Waals surface area (Å²) in [4.78, 5) is 13.5. The summed E-state index contributed by atoms with van der Waals surface area (Å²) in [5, 5.41) is 3.04. The van der Waals surface area contributed by atoms with Crippen LogP contribution in [-0.2, 0) is 4.79 Å². The molecule has 1 fully saturated rings. The molecule has 1 aliphatic carbocycles. The number of hydrogen-bond acceptors (Lipinski definition) is 3. The minimum atomic E-state index is -0.438.